The van der Waals surface area contributed by atoms with E-state index in [1.165, 1.54) is 16.7 Å². The Balaban J connectivity index is 0.00000147. The molecule has 20 heavy (non-hydrogen) atoms. The predicted octanol–water partition coefficient (Wildman–Crippen LogP) is 4.47. The van der Waals surface area contributed by atoms with E-state index < -0.39 is 0 Å². The van der Waals surface area contributed by atoms with Gasteiger partial charge in [0.05, 0.1) is 0 Å². The fourth-order valence-corrected chi connectivity index (χ4v) is 2.35. The van der Waals surface area contributed by atoms with Gasteiger partial charge in [0, 0.05) is 0 Å². The van der Waals surface area contributed by atoms with Crippen LogP contribution in [0.4, 0.5) is 0 Å². The van der Waals surface area contributed by atoms with Crippen molar-refractivity contribution in [1.29, 1.82) is 0 Å². The Labute approximate surface area is 144 Å². The first kappa shape index (κ1) is 15.1. The molecule has 0 aliphatic rings. The van der Waals surface area contributed by atoms with Gasteiger partial charge in [-0.3, -0.25) is 0 Å². The fraction of sp³-hybridized carbons (Fsp3) is 0.0526. The van der Waals surface area contributed by atoms with Crippen LogP contribution in [0.1, 0.15) is 22.6 Å². The second-order valence-electron chi connectivity index (χ2n) is 4.48. The van der Waals surface area contributed by atoms with Crippen LogP contribution < -0.4 is 0 Å². The Bertz CT molecular complexity index is 524. The molecular formula is C19H14U. The standard InChI is InChI=1S/C19H14.U/c1-4-10-16(11-5-1)19(17-12-6-2-7-13-17)18-14-8-3-9-15-18;/h1-12,14,19H;/q-2;+2. The zero-order valence-corrected chi connectivity index (χ0v) is 15.2. The Kier molecular flexibility index (Phi) is 5.65. The van der Waals surface area contributed by atoms with Crippen molar-refractivity contribution in [2.24, 2.45) is 0 Å². The van der Waals surface area contributed by atoms with E-state index in [0.29, 0.717) is 0 Å². The summed E-state index contributed by atoms with van der Waals surface area (Å²) in [5, 5.41) is 0. The van der Waals surface area contributed by atoms with Crippen molar-refractivity contribution in [3.8, 4) is 0 Å². The van der Waals surface area contributed by atoms with Crippen LogP contribution in [0.15, 0.2) is 78.9 Å². The monoisotopic (exact) mass is 480 g/mol. The molecule has 0 N–H and O–H groups in total. The molecular weight excluding hydrogens is 466 g/mol. The molecule has 94 valence electrons. The van der Waals surface area contributed by atoms with E-state index in [0.717, 1.165) is 0 Å². The Hall–Kier alpha value is -1.29. The second kappa shape index (κ2) is 7.48. The minimum absolute atomic E-state index is 0. The van der Waals surface area contributed by atoms with Crippen LogP contribution in [0.2, 0.25) is 0 Å². The summed E-state index contributed by atoms with van der Waals surface area (Å²) >= 11 is 0. The van der Waals surface area contributed by atoms with Crippen molar-refractivity contribution in [3.63, 3.8) is 0 Å². The van der Waals surface area contributed by atoms with Gasteiger partial charge in [-0.15, -0.1) is 0 Å². The van der Waals surface area contributed by atoms with Gasteiger partial charge >= 0.3 is 31.1 Å². The first-order chi connectivity index (χ1) is 9.45. The minimum Gasteiger partial charge on any atom is -0.180 e. The Morgan fingerprint density at radius 1 is 0.600 bits per heavy atom. The molecule has 0 heterocycles. The van der Waals surface area contributed by atoms with Gasteiger partial charge in [-0.25, -0.2) is 0 Å². The van der Waals surface area contributed by atoms with E-state index in [4.69, 9.17) is 0 Å². The summed E-state index contributed by atoms with van der Waals surface area (Å²) in [6.07, 6.45) is 0. The van der Waals surface area contributed by atoms with Gasteiger partial charge in [0.2, 0.25) is 0 Å². The molecule has 0 aromatic heterocycles. The molecule has 0 atom stereocenters. The van der Waals surface area contributed by atoms with Gasteiger partial charge in [-0.2, -0.15) is 71.8 Å². The molecule has 0 radical (unpaired) electrons. The van der Waals surface area contributed by atoms with Gasteiger partial charge < -0.3 is 0 Å². The number of rotatable bonds is 3. The summed E-state index contributed by atoms with van der Waals surface area (Å²) in [5.74, 6) is 0.198. The largest absolute Gasteiger partial charge is 2.00 e. The Morgan fingerprint density at radius 2 is 1.10 bits per heavy atom. The minimum atomic E-state index is 0. The second-order valence-corrected chi connectivity index (χ2v) is 4.48. The van der Waals surface area contributed by atoms with E-state index in [-0.39, 0.29) is 37.0 Å². The Morgan fingerprint density at radius 3 is 1.55 bits per heavy atom. The van der Waals surface area contributed by atoms with E-state index in [1.807, 2.05) is 30.3 Å². The third kappa shape index (κ3) is 3.42. The predicted molar refractivity (Wildman–Crippen MR) is 77.9 cm³/mol. The van der Waals surface area contributed by atoms with E-state index in [9.17, 15) is 0 Å². The molecule has 0 fully saturated rings. The molecule has 0 saturated carbocycles. The SMILES string of the molecule is [U+2].[c-]1ccccc1C(c1[c-]cccc1)c1ccccc1. The molecule has 0 aliphatic carbocycles. The van der Waals surface area contributed by atoms with Crippen molar-refractivity contribution in [3.05, 3.63) is 108 Å². The van der Waals surface area contributed by atoms with Crippen LogP contribution in [0.5, 0.6) is 0 Å². The fourth-order valence-electron chi connectivity index (χ4n) is 2.35. The van der Waals surface area contributed by atoms with Crippen molar-refractivity contribution < 1.29 is 31.1 Å². The van der Waals surface area contributed by atoms with Gasteiger partial charge in [0.15, 0.2) is 0 Å². The van der Waals surface area contributed by atoms with Gasteiger partial charge in [-0.05, 0) is 11.5 Å². The number of hydrogen-bond donors (Lipinski definition) is 0. The maximum atomic E-state index is 3.35. The third-order valence-corrected chi connectivity index (χ3v) is 3.22. The molecule has 3 rings (SSSR count). The quantitative estimate of drug-likeness (QED) is 0.384. The van der Waals surface area contributed by atoms with Crippen molar-refractivity contribution in [2.75, 3.05) is 0 Å². The van der Waals surface area contributed by atoms with E-state index in [2.05, 4.69) is 60.7 Å². The van der Waals surface area contributed by atoms with Gasteiger partial charge in [0.25, 0.3) is 0 Å². The molecule has 0 nitrogen and oxygen atoms in total. The first-order valence-corrected chi connectivity index (χ1v) is 6.43. The van der Waals surface area contributed by atoms with Crippen LogP contribution in [-0.2, 0) is 0 Å². The van der Waals surface area contributed by atoms with Crippen LogP contribution in [-0.4, -0.2) is 0 Å². The zero-order valence-electron chi connectivity index (χ0n) is 11.1. The molecule has 0 spiro atoms. The average Bonchev–Trinajstić information content (AvgIpc) is 2.51. The molecule has 0 amide bonds. The topological polar surface area (TPSA) is 0 Å². The summed E-state index contributed by atoms with van der Waals surface area (Å²) in [6, 6.07) is 33.5. The summed E-state index contributed by atoms with van der Waals surface area (Å²) in [5.41, 5.74) is 3.62. The van der Waals surface area contributed by atoms with Crippen LogP contribution in [0.25, 0.3) is 0 Å². The van der Waals surface area contributed by atoms with Crippen LogP contribution in [0, 0.1) is 43.2 Å². The van der Waals surface area contributed by atoms with Crippen LogP contribution in [0.3, 0.4) is 0 Å². The van der Waals surface area contributed by atoms with Crippen molar-refractivity contribution in [2.45, 2.75) is 5.92 Å². The molecule has 0 bridgehead atoms. The molecule has 0 aliphatic heterocycles. The molecule has 0 saturated heterocycles. The molecule has 0 unspecified atom stereocenters. The van der Waals surface area contributed by atoms with Crippen LogP contribution >= 0.6 is 0 Å². The smallest absolute Gasteiger partial charge is 0.180 e. The van der Waals surface area contributed by atoms with Crippen molar-refractivity contribution >= 4 is 0 Å². The molecule has 3 aromatic carbocycles. The summed E-state index contributed by atoms with van der Waals surface area (Å²) in [4.78, 5) is 0. The van der Waals surface area contributed by atoms with E-state index >= 15 is 0 Å². The number of hydrogen-bond acceptors (Lipinski definition) is 0. The molecule has 3 aromatic rings. The number of benzene rings is 3. The third-order valence-electron chi connectivity index (χ3n) is 3.22. The normalized spacial score (nSPS) is 10.1. The zero-order chi connectivity index (χ0) is 12.9. The molecule has 1 heteroatoms. The maximum Gasteiger partial charge on any atom is 2.00 e. The maximum absolute atomic E-state index is 3.35. The summed E-state index contributed by atoms with van der Waals surface area (Å²) in [6.45, 7) is 0. The summed E-state index contributed by atoms with van der Waals surface area (Å²) < 4.78 is 0. The first-order valence-electron chi connectivity index (χ1n) is 6.43. The van der Waals surface area contributed by atoms with Gasteiger partial charge in [-0.1, -0.05) is 30.3 Å². The average molecular weight is 480 g/mol. The van der Waals surface area contributed by atoms with Crippen molar-refractivity contribution in [1.82, 2.24) is 0 Å². The summed E-state index contributed by atoms with van der Waals surface area (Å²) in [7, 11) is 0. The van der Waals surface area contributed by atoms with E-state index in [1.54, 1.807) is 0 Å². The van der Waals surface area contributed by atoms with Gasteiger partial charge in [0.1, 0.15) is 0 Å².